The summed E-state index contributed by atoms with van der Waals surface area (Å²) in [5.41, 5.74) is 2.12. The van der Waals surface area contributed by atoms with E-state index in [4.69, 9.17) is 16.3 Å². The van der Waals surface area contributed by atoms with Gasteiger partial charge in [0.05, 0.1) is 22.9 Å². The van der Waals surface area contributed by atoms with E-state index < -0.39 is 0 Å². The molecule has 0 radical (unpaired) electrons. The monoisotopic (exact) mass is 302 g/mol. The van der Waals surface area contributed by atoms with Crippen LogP contribution < -0.4 is 10.1 Å². The maximum atomic E-state index is 5.93. The number of rotatable bonds is 6. The number of hydrogen-bond donors (Lipinski definition) is 1. The second kappa shape index (κ2) is 6.46. The van der Waals surface area contributed by atoms with Gasteiger partial charge in [-0.25, -0.2) is 0 Å². The van der Waals surface area contributed by atoms with Crippen molar-refractivity contribution in [1.29, 1.82) is 0 Å². The molecule has 1 aliphatic rings. The first-order valence-corrected chi connectivity index (χ1v) is 7.75. The highest BCUT2D eigenvalue weighted by Crippen LogP contribution is 2.29. The van der Waals surface area contributed by atoms with Crippen LogP contribution in [0, 0.1) is 0 Å². The quantitative estimate of drug-likeness (QED) is 0.876. The minimum Gasteiger partial charge on any atom is -0.490 e. The summed E-state index contributed by atoms with van der Waals surface area (Å²) in [6, 6.07) is 12.1. The lowest BCUT2D eigenvalue weighted by Gasteiger charge is -2.19. The number of hydrogen-bond acceptors (Lipinski definition) is 3. The van der Waals surface area contributed by atoms with Crippen LogP contribution >= 0.6 is 11.6 Å². The lowest BCUT2D eigenvalue weighted by molar-refractivity contribution is 0.302. The first kappa shape index (κ1) is 14.4. The summed E-state index contributed by atoms with van der Waals surface area (Å²) >= 11 is 5.93. The third-order valence-electron chi connectivity index (χ3n) is 3.47. The van der Waals surface area contributed by atoms with Crippen LogP contribution in [-0.2, 0) is 0 Å². The van der Waals surface area contributed by atoms with Gasteiger partial charge in [0, 0.05) is 6.20 Å². The molecule has 3 nitrogen and oxygen atoms in total. The van der Waals surface area contributed by atoms with Crippen molar-refractivity contribution in [3.8, 4) is 5.75 Å². The summed E-state index contributed by atoms with van der Waals surface area (Å²) in [5.74, 6) is 0.937. The Hall–Kier alpha value is -1.58. The van der Waals surface area contributed by atoms with E-state index in [9.17, 15) is 0 Å². The van der Waals surface area contributed by atoms with Gasteiger partial charge in [0.2, 0.25) is 0 Å². The van der Waals surface area contributed by atoms with Gasteiger partial charge in [-0.05, 0) is 49.2 Å². The second-order valence-corrected chi connectivity index (χ2v) is 5.72. The topological polar surface area (TPSA) is 34.1 Å². The van der Waals surface area contributed by atoms with Crippen LogP contribution in [0.3, 0.4) is 0 Å². The maximum Gasteiger partial charge on any atom is 0.120 e. The predicted molar refractivity (Wildman–Crippen MR) is 84.9 cm³/mol. The predicted octanol–water partition coefficient (Wildman–Crippen LogP) is 3.98. The third kappa shape index (κ3) is 3.74. The highest BCUT2D eigenvalue weighted by atomic mass is 35.5. The van der Waals surface area contributed by atoms with Gasteiger partial charge in [0.1, 0.15) is 5.75 Å². The van der Waals surface area contributed by atoms with Gasteiger partial charge in [0.25, 0.3) is 0 Å². The fourth-order valence-corrected chi connectivity index (χ4v) is 2.41. The Kier molecular flexibility index (Phi) is 4.42. The molecule has 1 unspecified atom stereocenters. The number of ether oxygens (including phenoxy) is 1. The van der Waals surface area contributed by atoms with Crippen molar-refractivity contribution in [3.05, 3.63) is 58.9 Å². The van der Waals surface area contributed by atoms with Gasteiger partial charge in [-0.3, -0.25) is 4.98 Å². The number of nitrogens with zero attached hydrogens (tertiary/aromatic N) is 1. The molecule has 3 rings (SSSR count). The van der Waals surface area contributed by atoms with E-state index in [2.05, 4.69) is 29.4 Å². The van der Waals surface area contributed by atoms with Crippen molar-refractivity contribution in [2.24, 2.45) is 0 Å². The van der Waals surface area contributed by atoms with E-state index in [1.165, 1.54) is 12.8 Å². The summed E-state index contributed by atoms with van der Waals surface area (Å²) in [4.78, 5) is 4.44. The maximum absolute atomic E-state index is 5.93. The Balaban J connectivity index is 1.86. The zero-order valence-electron chi connectivity index (χ0n) is 12.1. The van der Waals surface area contributed by atoms with Gasteiger partial charge < -0.3 is 10.1 Å². The van der Waals surface area contributed by atoms with E-state index in [-0.39, 0.29) is 6.04 Å². The summed E-state index contributed by atoms with van der Waals surface area (Å²) in [7, 11) is 0. The smallest absolute Gasteiger partial charge is 0.120 e. The van der Waals surface area contributed by atoms with Crippen molar-refractivity contribution < 1.29 is 4.74 Å². The molecule has 0 bridgehead atoms. The van der Waals surface area contributed by atoms with E-state index in [0.29, 0.717) is 11.1 Å². The molecule has 1 N–H and O–H groups in total. The van der Waals surface area contributed by atoms with Crippen LogP contribution in [0.15, 0.2) is 42.6 Å². The Morgan fingerprint density at radius 1 is 1.33 bits per heavy atom. The Labute approximate surface area is 130 Å². The summed E-state index contributed by atoms with van der Waals surface area (Å²) in [6.07, 6.45) is 4.43. The minimum atomic E-state index is 0.0509. The van der Waals surface area contributed by atoms with Gasteiger partial charge in [-0.15, -0.1) is 0 Å². The molecule has 1 aromatic carbocycles. The van der Waals surface area contributed by atoms with Crippen LogP contribution in [0.4, 0.5) is 0 Å². The van der Waals surface area contributed by atoms with Gasteiger partial charge in [0.15, 0.2) is 0 Å². The standard InChI is InChI=1S/C17H19ClN2O/c1-2-19-17(16-9-6-13(18)11-20-16)12-4-3-5-15(10-12)21-14-7-8-14/h3-6,9-11,14,17,19H,2,7-8H2,1H3. The van der Waals surface area contributed by atoms with Crippen molar-refractivity contribution >= 4 is 11.6 Å². The Bertz CT molecular complexity index is 596. The van der Waals surface area contributed by atoms with Crippen molar-refractivity contribution in [2.75, 3.05) is 6.54 Å². The first-order chi connectivity index (χ1) is 10.3. The zero-order valence-corrected chi connectivity index (χ0v) is 12.8. The van der Waals surface area contributed by atoms with Gasteiger partial charge >= 0.3 is 0 Å². The lowest BCUT2D eigenvalue weighted by atomic mass is 10.0. The molecule has 0 amide bonds. The van der Waals surface area contributed by atoms with Crippen LogP contribution in [-0.4, -0.2) is 17.6 Å². The summed E-state index contributed by atoms with van der Waals surface area (Å²) in [6.45, 7) is 2.95. The lowest BCUT2D eigenvalue weighted by Crippen LogP contribution is -2.22. The average Bonchev–Trinajstić information content (AvgIpc) is 3.30. The van der Waals surface area contributed by atoms with E-state index >= 15 is 0 Å². The third-order valence-corrected chi connectivity index (χ3v) is 3.70. The number of halogens is 1. The van der Waals surface area contributed by atoms with E-state index in [1.54, 1.807) is 6.20 Å². The number of nitrogens with one attached hydrogen (secondary N) is 1. The first-order valence-electron chi connectivity index (χ1n) is 7.37. The molecule has 1 aromatic heterocycles. The largest absolute Gasteiger partial charge is 0.490 e. The Morgan fingerprint density at radius 2 is 2.19 bits per heavy atom. The molecular weight excluding hydrogens is 284 g/mol. The zero-order chi connectivity index (χ0) is 14.7. The molecule has 0 spiro atoms. The highest BCUT2D eigenvalue weighted by molar-refractivity contribution is 6.30. The van der Waals surface area contributed by atoms with Crippen molar-refractivity contribution in [2.45, 2.75) is 31.9 Å². The highest BCUT2D eigenvalue weighted by Gasteiger charge is 2.24. The molecule has 1 aliphatic carbocycles. The molecule has 1 heterocycles. The van der Waals surface area contributed by atoms with Gasteiger partial charge in [-0.2, -0.15) is 0 Å². The van der Waals surface area contributed by atoms with Crippen molar-refractivity contribution in [1.82, 2.24) is 10.3 Å². The van der Waals surface area contributed by atoms with Crippen molar-refractivity contribution in [3.63, 3.8) is 0 Å². The molecule has 2 aromatic rings. The molecule has 4 heteroatoms. The average molecular weight is 303 g/mol. The molecule has 21 heavy (non-hydrogen) atoms. The van der Waals surface area contributed by atoms with Crippen LogP contribution in [0.5, 0.6) is 5.75 Å². The number of benzene rings is 1. The van der Waals surface area contributed by atoms with Crippen LogP contribution in [0.2, 0.25) is 5.02 Å². The van der Waals surface area contributed by atoms with E-state index in [0.717, 1.165) is 23.6 Å². The number of pyridine rings is 1. The number of aromatic nitrogens is 1. The molecule has 0 saturated heterocycles. The summed E-state index contributed by atoms with van der Waals surface area (Å²) in [5, 5.41) is 4.12. The SMILES string of the molecule is CCNC(c1cccc(OC2CC2)c1)c1ccc(Cl)cn1. The fraction of sp³-hybridized carbons (Fsp3) is 0.353. The Morgan fingerprint density at radius 3 is 2.86 bits per heavy atom. The second-order valence-electron chi connectivity index (χ2n) is 5.28. The summed E-state index contributed by atoms with van der Waals surface area (Å²) < 4.78 is 5.88. The van der Waals surface area contributed by atoms with Gasteiger partial charge in [-0.1, -0.05) is 30.7 Å². The molecule has 0 aliphatic heterocycles. The fourth-order valence-electron chi connectivity index (χ4n) is 2.30. The molecular formula is C17H19ClN2O. The van der Waals surface area contributed by atoms with Crippen LogP contribution in [0.1, 0.15) is 37.1 Å². The molecule has 1 atom stereocenters. The minimum absolute atomic E-state index is 0.0509. The molecule has 1 fully saturated rings. The molecule has 110 valence electrons. The van der Waals surface area contributed by atoms with Crippen LogP contribution in [0.25, 0.3) is 0 Å². The normalized spacial score (nSPS) is 15.7. The van der Waals surface area contributed by atoms with E-state index in [1.807, 2.05) is 24.3 Å². The molecule has 1 saturated carbocycles.